The van der Waals surface area contributed by atoms with Gasteiger partial charge < -0.3 is 5.32 Å². The van der Waals surface area contributed by atoms with Crippen molar-refractivity contribution in [2.75, 3.05) is 11.9 Å². The molecule has 0 saturated heterocycles. The van der Waals surface area contributed by atoms with Crippen LogP contribution in [0.2, 0.25) is 5.02 Å². The smallest absolute Gasteiger partial charge is 0.156 e. The van der Waals surface area contributed by atoms with Crippen LogP contribution in [0.5, 0.6) is 0 Å². The van der Waals surface area contributed by atoms with Crippen LogP contribution in [-0.2, 0) is 0 Å². The minimum absolute atomic E-state index is 0.256. The van der Waals surface area contributed by atoms with Crippen molar-refractivity contribution in [2.24, 2.45) is 9.98 Å². The van der Waals surface area contributed by atoms with E-state index in [4.69, 9.17) is 16.6 Å². The van der Waals surface area contributed by atoms with Crippen LogP contribution in [0.15, 0.2) is 64.8 Å². The van der Waals surface area contributed by atoms with Crippen LogP contribution in [0, 0.1) is 5.82 Å². The second-order valence-electron chi connectivity index (χ2n) is 6.31. The molecule has 7 heteroatoms. The first-order valence-corrected chi connectivity index (χ1v) is 9.04. The summed E-state index contributed by atoms with van der Waals surface area (Å²) >= 11 is 6.04. The van der Waals surface area contributed by atoms with Crippen LogP contribution in [0.1, 0.15) is 5.56 Å². The number of hydrogen-bond donors (Lipinski definition) is 1. The number of para-hydroxylation sites is 1. The summed E-state index contributed by atoms with van der Waals surface area (Å²) in [6.45, 7) is 0.555. The maximum absolute atomic E-state index is 14.3. The maximum atomic E-state index is 14.3. The molecule has 1 aliphatic heterocycles. The Morgan fingerprint density at radius 2 is 1.96 bits per heavy atom. The standard InChI is InChI=1S/C21H13ClFN5/c22-12-4-5-17(23)18(10-12)27-21-14-6-7-24-11-16(14)13-2-1-3-15(19(13)28-21)20-25-8-9-26-20/h1-8,10-11H,9H2,(H,27,28). The quantitative estimate of drug-likeness (QED) is 0.493. The van der Waals surface area contributed by atoms with Crippen molar-refractivity contribution in [1.29, 1.82) is 0 Å². The highest BCUT2D eigenvalue weighted by molar-refractivity contribution is 6.30. The Balaban J connectivity index is 1.79. The molecule has 0 amide bonds. The molecule has 0 unspecified atom stereocenters. The number of pyridine rings is 2. The van der Waals surface area contributed by atoms with E-state index in [2.05, 4.69) is 20.3 Å². The van der Waals surface area contributed by atoms with Gasteiger partial charge in [-0.05, 0) is 30.3 Å². The largest absolute Gasteiger partial charge is 0.337 e. The molecule has 1 N–H and O–H groups in total. The molecule has 5 nitrogen and oxygen atoms in total. The SMILES string of the molecule is Fc1ccc(Cl)cc1Nc1nc2c(C3=NCC=N3)cccc2c2cnccc12. The number of anilines is 2. The molecule has 2 aromatic heterocycles. The predicted octanol–water partition coefficient (Wildman–Crippen LogP) is 5.15. The molecule has 136 valence electrons. The topological polar surface area (TPSA) is 62.5 Å². The second-order valence-corrected chi connectivity index (χ2v) is 6.74. The number of benzene rings is 2. The number of halogens is 2. The van der Waals surface area contributed by atoms with Crippen LogP contribution >= 0.6 is 11.6 Å². The van der Waals surface area contributed by atoms with Crippen molar-refractivity contribution in [3.05, 3.63) is 71.3 Å². The van der Waals surface area contributed by atoms with E-state index in [1.165, 1.54) is 18.2 Å². The van der Waals surface area contributed by atoms with E-state index in [9.17, 15) is 4.39 Å². The Hall–Kier alpha value is -3.38. The highest BCUT2D eigenvalue weighted by atomic mass is 35.5. The zero-order valence-electron chi connectivity index (χ0n) is 14.5. The highest BCUT2D eigenvalue weighted by Gasteiger charge is 2.16. The lowest BCUT2D eigenvalue weighted by Gasteiger charge is -2.14. The van der Waals surface area contributed by atoms with Gasteiger partial charge in [0.05, 0.1) is 17.7 Å². The molecule has 28 heavy (non-hydrogen) atoms. The molecular weight excluding hydrogens is 377 g/mol. The average molecular weight is 390 g/mol. The normalized spacial score (nSPS) is 13.3. The summed E-state index contributed by atoms with van der Waals surface area (Å²) < 4.78 is 14.3. The first-order valence-electron chi connectivity index (χ1n) is 8.66. The Morgan fingerprint density at radius 1 is 1.04 bits per heavy atom. The van der Waals surface area contributed by atoms with E-state index < -0.39 is 5.82 Å². The van der Waals surface area contributed by atoms with Gasteiger partial charge in [-0.25, -0.2) is 14.4 Å². The molecule has 2 aromatic carbocycles. The van der Waals surface area contributed by atoms with Gasteiger partial charge in [-0.15, -0.1) is 0 Å². The fourth-order valence-electron chi connectivity index (χ4n) is 3.32. The highest BCUT2D eigenvalue weighted by Crippen LogP contribution is 2.33. The summed E-state index contributed by atoms with van der Waals surface area (Å²) in [5.74, 6) is 0.744. The molecule has 0 spiro atoms. The molecular formula is C21H13ClFN5. The number of fused-ring (bicyclic) bond motifs is 3. The Bertz CT molecular complexity index is 1300. The first-order chi connectivity index (χ1) is 13.7. The van der Waals surface area contributed by atoms with Crippen molar-refractivity contribution in [1.82, 2.24) is 9.97 Å². The van der Waals surface area contributed by atoms with Crippen molar-refractivity contribution in [2.45, 2.75) is 0 Å². The Morgan fingerprint density at radius 3 is 2.82 bits per heavy atom. The lowest BCUT2D eigenvalue weighted by atomic mass is 10.0. The van der Waals surface area contributed by atoms with E-state index in [0.29, 0.717) is 23.2 Å². The van der Waals surface area contributed by atoms with E-state index in [0.717, 1.165) is 27.2 Å². The molecule has 0 saturated carbocycles. The average Bonchev–Trinajstić information content (AvgIpc) is 3.25. The fraction of sp³-hybridized carbons (Fsp3) is 0.0476. The molecule has 0 fully saturated rings. The third-order valence-corrected chi connectivity index (χ3v) is 4.82. The third-order valence-electron chi connectivity index (χ3n) is 4.58. The number of amidine groups is 1. The summed E-state index contributed by atoms with van der Waals surface area (Å²) in [5.41, 5.74) is 1.81. The first kappa shape index (κ1) is 16.8. The van der Waals surface area contributed by atoms with Gasteiger partial charge in [0.15, 0.2) is 5.84 Å². The fourth-order valence-corrected chi connectivity index (χ4v) is 3.49. The van der Waals surface area contributed by atoms with E-state index in [-0.39, 0.29) is 5.69 Å². The van der Waals surface area contributed by atoms with Crippen LogP contribution < -0.4 is 5.32 Å². The molecule has 0 atom stereocenters. The lowest BCUT2D eigenvalue weighted by Crippen LogP contribution is -2.02. The number of aromatic nitrogens is 2. The van der Waals surface area contributed by atoms with Crippen molar-refractivity contribution in [3.63, 3.8) is 0 Å². The van der Waals surface area contributed by atoms with Gasteiger partial charge in [0, 0.05) is 45.4 Å². The van der Waals surface area contributed by atoms with E-state index in [1.54, 1.807) is 18.6 Å². The molecule has 0 bridgehead atoms. The zero-order valence-corrected chi connectivity index (χ0v) is 15.3. The summed E-state index contributed by atoms with van der Waals surface area (Å²) in [6, 6.07) is 12.1. The van der Waals surface area contributed by atoms with Gasteiger partial charge in [0.25, 0.3) is 0 Å². The third kappa shape index (κ3) is 2.78. The minimum Gasteiger partial charge on any atom is -0.337 e. The predicted molar refractivity (Wildman–Crippen MR) is 112 cm³/mol. The van der Waals surface area contributed by atoms with Crippen LogP contribution in [0.3, 0.4) is 0 Å². The number of rotatable bonds is 3. The summed E-state index contributed by atoms with van der Waals surface area (Å²) in [5, 5.41) is 6.19. The number of nitrogens with zero attached hydrogens (tertiary/aromatic N) is 4. The van der Waals surface area contributed by atoms with E-state index >= 15 is 0 Å². The van der Waals surface area contributed by atoms with Crippen LogP contribution in [0.4, 0.5) is 15.9 Å². The number of aliphatic imine (C=N–C) groups is 2. The monoisotopic (exact) mass is 389 g/mol. The Labute approximate surface area is 164 Å². The van der Waals surface area contributed by atoms with Gasteiger partial charge >= 0.3 is 0 Å². The summed E-state index contributed by atoms with van der Waals surface area (Å²) in [7, 11) is 0. The van der Waals surface area contributed by atoms with Gasteiger partial charge in [0.2, 0.25) is 0 Å². The van der Waals surface area contributed by atoms with Gasteiger partial charge in [-0.3, -0.25) is 9.98 Å². The van der Waals surface area contributed by atoms with Gasteiger partial charge in [-0.1, -0.05) is 23.7 Å². The second kappa shape index (κ2) is 6.65. The minimum atomic E-state index is -0.411. The van der Waals surface area contributed by atoms with Gasteiger partial charge in [-0.2, -0.15) is 0 Å². The molecule has 3 heterocycles. The van der Waals surface area contributed by atoms with Crippen molar-refractivity contribution in [3.8, 4) is 0 Å². The molecule has 0 aliphatic carbocycles. The summed E-state index contributed by atoms with van der Waals surface area (Å²) in [4.78, 5) is 17.8. The maximum Gasteiger partial charge on any atom is 0.156 e. The lowest BCUT2D eigenvalue weighted by molar-refractivity contribution is 0.632. The molecule has 1 aliphatic rings. The number of hydrogen-bond acceptors (Lipinski definition) is 5. The molecule has 4 aromatic rings. The van der Waals surface area contributed by atoms with Crippen molar-refractivity contribution >= 4 is 56.8 Å². The van der Waals surface area contributed by atoms with Gasteiger partial charge in [0.1, 0.15) is 11.6 Å². The molecule has 5 rings (SSSR count). The number of nitrogens with one attached hydrogen (secondary N) is 1. The molecule has 0 radical (unpaired) electrons. The zero-order chi connectivity index (χ0) is 19.1. The van der Waals surface area contributed by atoms with Crippen LogP contribution in [0.25, 0.3) is 21.7 Å². The van der Waals surface area contributed by atoms with Crippen LogP contribution in [-0.4, -0.2) is 28.6 Å². The Kier molecular flexibility index (Phi) is 3.98. The van der Waals surface area contributed by atoms with E-state index in [1.807, 2.05) is 24.3 Å². The summed E-state index contributed by atoms with van der Waals surface area (Å²) in [6.07, 6.45) is 5.23. The van der Waals surface area contributed by atoms with Crippen molar-refractivity contribution < 1.29 is 4.39 Å².